The van der Waals surface area contributed by atoms with Gasteiger partial charge in [-0.15, -0.1) is 0 Å². The summed E-state index contributed by atoms with van der Waals surface area (Å²) in [5.41, 5.74) is 6.01. The van der Waals surface area contributed by atoms with Gasteiger partial charge in [0.2, 0.25) is 5.34 Å². The molecule has 0 aliphatic carbocycles. The Bertz CT molecular complexity index is 403. The van der Waals surface area contributed by atoms with Crippen molar-refractivity contribution in [1.82, 2.24) is 0 Å². The van der Waals surface area contributed by atoms with Gasteiger partial charge in [-0.3, -0.25) is 4.57 Å². The Hall–Kier alpha value is -0.710. The Kier molecular flexibility index (Phi) is 3.33. The van der Waals surface area contributed by atoms with E-state index < -0.39 is 19.5 Å². The van der Waals surface area contributed by atoms with E-state index in [4.69, 9.17) is 15.5 Å². The van der Waals surface area contributed by atoms with Crippen molar-refractivity contribution in [2.45, 2.75) is 12.3 Å². The van der Waals surface area contributed by atoms with Gasteiger partial charge in [0.15, 0.2) is 0 Å². The van der Waals surface area contributed by atoms with Crippen LogP contribution in [-0.4, -0.2) is 21.4 Å². The molecule has 0 saturated heterocycles. The summed E-state index contributed by atoms with van der Waals surface area (Å²) in [5, 5.41) is 7.63. The Morgan fingerprint density at radius 1 is 1.40 bits per heavy atom. The van der Waals surface area contributed by atoms with Crippen LogP contribution in [0.1, 0.15) is 11.1 Å². The fraction of sp³-hybridized carbons (Fsp3) is 0.333. The Morgan fingerprint density at radius 3 is 2.33 bits per heavy atom. The van der Waals surface area contributed by atoms with Crippen LogP contribution in [0, 0.1) is 6.92 Å². The lowest BCUT2D eigenvalue weighted by molar-refractivity contribution is 0.0970. The summed E-state index contributed by atoms with van der Waals surface area (Å²) in [6, 6.07) is 6.43. The molecular formula is C9H14NO4P. The van der Waals surface area contributed by atoms with Gasteiger partial charge in [0.1, 0.15) is 0 Å². The van der Waals surface area contributed by atoms with Crippen molar-refractivity contribution in [3.63, 3.8) is 0 Å². The lowest BCUT2D eigenvalue weighted by Crippen LogP contribution is -2.35. The maximum Gasteiger partial charge on any atom is 0.362 e. The van der Waals surface area contributed by atoms with Crippen LogP contribution in [0.5, 0.6) is 0 Å². The number of nitrogens with two attached hydrogens (primary N) is 1. The molecule has 5 N–H and O–H groups in total. The number of rotatable bonds is 3. The third kappa shape index (κ3) is 2.12. The Morgan fingerprint density at radius 2 is 1.93 bits per heavy atom. The highest BCUT2D eigenvalue weighted by molar-refractivity contribution is 7.52. The van der Waals surface area contributed by atoms with E-state index in [0.717, 1.165) is 0 Å². The van der Waals surface area contributed by atoms with Crippen LogP contribution < -0.4 is 5.73 Å². The second-order valence-electron chi connectivity index (χ2n) is 3.38. The van der Waals surface area contributed by atoms with Gasteiger partial charge >= 0.3 is 7.60 Å². The predicted octanol–water partition coefficient (Wildman–Crippen LogP) is 0.277. The quantitative estimate of drug-likeness (QED) is 0.559. The number of aryl methyl sites for hydroxylation is 1. The molecule has 1 unspecified atom stereocenters. The topological polar surface area (TPSA) is 104 Å². The van der Waals surface area contributed by atoms with E-state index in [0.29, 0.717) is 5.56 Å². The van der Waals surface area contributed by atoms with Crippen molar-refractivity contribution in [3.8, 4) is 0 Å². The zero-order valence-corrected chi connectivity index (χ0v) is 9.19. The van der Waals surface area contributed by atoms with Gasteiger partial charge in [-0.1, -0.05) is 24.3 Å². The molecule has 0 bridgehead atoms. The molecular weight excluding hydrogens is 217 g/mol. The van der Waals surface area contributed by atoms with Crippen molar-refractivity contribution in [2.75, 3.05) is 6.54 Å². The van der Waals surface area contributed by atoms with Gasteiger partial charge in [0.25, 0.3) is 0 Å². The molecule has 1 rings (SSSR count). The molecule has 0 saturated carbocycles. The summed E-state index contributed by atoms with van der Waals surface area (Å²) in [5.74, 6) is 0. The van der Waals surface area contributed by atoms with Crippen molar-refractivity contribution >= 4 is 7.60 Å². The minimum Gasteiger partial charge on any atom is -0.372 e. The van der Waals surface area contributed by atoms with Gasteiger partial charge < -0.3 is 20.6 Å². The molecule has 1 aromatic rings. The fourth-order valence-corrected chi connectivity index (χ4v) is 2.21. The average Bonchev–Trinajstić information content (AvgIpc) is 2.15. The minimum atomic E-state index is -4.71. The van der Waals surface area contributed by atoms with Gasteiger partial charge in [-0.25, -0.2) is 0 Å². The zero-order chi connectivity index (χ0) is 11.7. The summed E-state index contributed by atoms with van der Waals surface area (Å²) in [6.07, 6.45) is 0. The third-order valence-electron chi connectivity index (χ3n) is 2.34. The van der Waals surface area contributed by atoms with E-state index >= 15 is 0 Å². The van der Waals surface area contributed by atoms with Gasteiger partial charge in [0.05, 0.1) is 0 Å². The molecule has 0 heterocycles. The van der Waals surface area contributed by atoms with E-state index in [2.05, 4.69) is 0 Å². The molecule has 0 aromatic heterocycles. The first-order valence-corrected chi connectivity index (χ1v) is 5.98. The standard InChI is InChI=1S/C9H14NO4P/c1-7-4-2-3-5-8(7)9(11,6-10)15(12,13)14/h2-5,11H,6,10H2,1H3,(H2,12,13,14). The zero-order valence-electron chi connectivity index (χ0n) is 8.29. The molecule has 0 aliphatic heterocycles. The van der Waals surface area contributed by atoms with Crippen LogP contribution in [0.15, 0.2) is 24.3 Å². The normalized spacial score (nSPS) is 16.1. The highest BCUT2D eigenvalue weighted by atomic mass is 31.2. The Balaban J connectivity index is 3.37. The molecule has 84 valence electrons. The van der Waals surface area contributed by atoms with Crippen molar-refractivity contribution < 1.29 is 19.5 Å². The second-order valence-corrected chi connectivity index (χ2v) is 5.21. The summed E-state index contributed by atoms with van der Waals surface area (Å²) in [6.45, 7) is 1.13. The van der Waals surface area contributed by atoms with E-state index in [1.165, 1.54) is 6.07 Å². The molecule has 6 heteroatoms. The second kappa shape index (κ2) is 4.04. The first-order chi connectivity index (χ1) is 6.83. The van der Waals surface area contributed by atoms with Gasteiger partial charge in [-0.2, -0.15) is 0 Å². The lowest BCUT2D eigenvalue weighted by atomic mass is 10.0. The van der Waals surface area contributed by atoms with E-state index in [9.17, 15) is 9.67 Å². The van der Waals surface area contributed by atoms with Crippen LogP contribution in [0.3, 0.4) is 0 Å². The van der Waals surface area contributed by atoms with Crippen molar-refractivity contribution in [1.29, 1.82) is 0 Å². The maximum atomic E-state index is 11.2. The highest BCUT2D eigenvalue weighted by Crippen LogP contribution is 2.55. The monoisotopic (exact) mass is 231 g/mol. The minimum absolute atomic E-state index is 0.167. The molecule has 0 aliphatic rings. The fourth-order valence-electron chi connectivity index (χ4n) is 1.41. The van der Waals surface area contributed by atoms with E-state index in [1.807, 2.05) is 0 Å². The van der Waals surface area contributed by atoms with Crippen LogP contribution in [0.25, 0.3) is 0 Å². The summed E-state index contributed by atoms with van der Waals surface area (Å²) in [4.78, 5) is 18.2. The highest BCUT2D eigenvalue weighted by Gasteiger charge is 2.46. The summed E-state index contributed by atoms with van der Waals surface area (Å²) < 4.78 is 11.2. The number of aliphatic hydroxyl groups is 1. The maximum absolute atomic E-state index is 11.2. The van der Waals surface area contributed by atoms with Crippen LogP contribution in [-0.2, 0) is 9.91 Å². The molecule has 0 fully saturated rings. The van der Waals surface area contributed by atoms with Crippen molar-refractivity contribution in [3.05, 3.63) is 35.4 Å². The number of hydrogen-bond donors (Lipinski definition) is 4. The molecule has 1 aromatic carbocycles. The number of benzene rings is 1. The average molecular weight is 231 g/mol. The van der Waals surface area contributed by atoms with Crippen molar-refractivity contribution in [2.24, 2.45) is 5.73 Å². The van der Waals surface area contributed by atoms with Crippen LogP contribution in [0.2, 0.25) is 0 Å². The van der Waals surface area contributed by atoms with Crippen LogP contribution in [0.4, 0.5) is 0 Å². The third-order valence-corrected chi connectivity index (χ3v) is 3.73. The molecule has 5 nitrogen and oxygen atoms in total. The largest absolute Gasteiger partial charge is 0.372 e. The molecule has 0 radical (unpaired) electrons. The molecule has 15 heavy (non-hydrogen) atoms. The Labute approximate surface area is 87.7 Å². The SMILES string of the molecule is Cc1ccccc1C(O)(CN)P(=O)(O)O. The van der Waals surface area contributed by atoms with Crippen LogP contribution >= 0.6 is 7.60 Å². The van der Waals surface area contributed by atoms with Gasteiger partial charge in [0, 0.05) is 6.54 Å². The van der Waals surface area contributed by atoms with Gasteiger partial charge in [-0.05, 0) is 18.1 Å². The lowest BCUT2D eigenvalue weighted by Gasteiger charge is -2.29. The first kappa shape index (κ1) is 12.4. The predicted molar refractivity (Wildman–Crippen MR) is 56.2 cm³/mol. The van der Waals surface area contributed by atoms with E-state index in [-0.39, 0.29) is 5.56 Å². The smallest absolute Gasteiger partial charge is 0.362 e. The molecule has 0 amide bonds. The first-order valence-electron chi connectivity index (χ1n) is 4.37. The van der Waals surface area contributed by atoms with E-state index in [1.54, 1.807) is 25.1 Å². The summed E-state index contributed by atoms with van der Waals surface area (Å²) >= 11 is 0. The summed E-state index contributed by atoms with van der Waals surface area (Å²) in [7, 11) is -4.71. The molecule has 1 atom stereocenters. The molecule has 0 spiro atoms. The number of hydrogen-bond acceptors (Lipinski definition) is 3.